The molecule has 0 aliphatic heterocycles. The van der Waals surface area contributed by atoms with E-state index in [0.717, 1.165) is 0 Å². The zero-order valence-corrected chi connectivity index (χ0v) is 8.01. The van der Waals surface area contributed by atoms with E-state index >= 15 is 0 Å². The van der Waals surface area contributed by atoms with Crippen molar-refractivity contribution in [2.24, 2.45) is 5.73 Å². The van der Waals surface area contributed by atoms with Gasteiger partial charge in [-0.05, 0) is 5.56 Å². The van der Waals surface area contributed by atoms with Crippen LogP contribution in [0.4, 0.5) is 0 Å². The molecule has 4 N–H and O–H groups in total. The smallest absolute Gasteiger partial charge is 0.325 e. The Labute approximate surface area is 86.9 Å². The van der Waals surface area contributed by atoms with Crippen molar-refractivity contribution in [2.45, 2.75) is 6.04 Å². The normalized spacial score (nSPS) is 12.0. The molecule has 0 heterocycles. The highest BCUT2D eigenvalue weighted by atomic mass is 16.4. The second kappa shape index (κ2) is 5.11. The number of nitrogens with two attached hydrogens (primary N) is 1. The highest BCUT2D eigenvalue weighted by Crippen LogP contribution is 2.11. The molecule has 15 heavy (non-hydrogen) atoms. The number of rotatable bonds is 5. The Bertz CT molecular complexity index is 351. The van der Waals surface area contributed by atoms with Gasteiger partial charge in [0.2, 0.25) is 5.91 Å². The average molecular weight is 208 g/mol. The molecule has 1 aromatic carbocycles. The fourth-order valence-corrected chi connectivity index (χ4v) is 1.20. The van der Waals surface area contributed by atoms with Gasteiger partial charge in [0.05, 0.1) is 6.54 Å². The number of nitrogens with one attached hydrogen (secondary N) is 1. The first-order chi connectivity index (χ1) is 7.11. The number of aliphatic carboxylic acids is 1. The lowest BCUT2D eigenvalue weighted by Crippen LogP contribution is -2.35. The van der Waals surface area contributed by atoms with Crippen molar-refractivity contribution >= 4 is 11.9 Å². The van der Waals surface area contributed by atoms with Crippen LogP contribution in [0.15, 0.2) is 30.3 Å². The van der Waals surface area contributed by atoms with Gasteiger partial charge in [-0.25, -0.2) is 0 Å². The van der Waals surface area contributed by atoms with E-state index in [1.807, 2.05) is 0 Å². The predicted molar refractivity (Wildman–Crippen MR) is 54.0 cm³/mol. The summed E-state index contributed by atoms with van der Waals surface area (Å²) in [6, 6.07) is 7.70. The molecule has 0 bridgehead atoms. The quantitative estimate of drug-likeness (QED) is 0.629. The van der Waals surface area contributed by atoms with Crippen LogP contribution in [0.25, 0.3) is 0 Å². The van der Waals surface area contributed by atoms with Gasteiger partial charge in [-0.1, -0.05) is 30.3 Å². The molecule has 1 rings (SSSR count). The molecular formula is C10H12N2O3. The van der Waals surface area contributed by atoms with Crippen molar-refractivity contribution in [2.75, 3.05) is 6.54 Å². The van der Waals surface area contributed by atoms with Gasteiger partial charge in [-0.15, -0.1) is 0 Å². The second-order valence-corrected chi connectivity index (χ2v) is 3.03. The van der Waals surface area contributed by atoms with Gasteiger partial charge in [0.15, 0.2) is 0 Å². The standard InChI is InChI=1S/C10H12N2O3/c11-8(13)6-12-9(10(14)15)7-4-2-1-3-5-7/h1-5,9,12H,6H2,(H2,11,13)(H,14,15). The van der Waals surface area contributed by atoms with E-state index in [9.17, 15) is 9.59 Å². The maximum Gasteiger partial charge on any atom is 0.325 e. The van der Waals surface area contributed by atoms with Gasteiger partial charge in [0, 0.05) is 0 Å². The first-order valence-corrected chi connectivity index (χ1v) is 4.40. The number of amides is 1. The number of carbonyl (C=O) groups excluding carboxylic acids is 1. The lowest BCUT2D eigenvalue weighted by Gasteiger charge is -2.13. The van der Waals surface area contributed by atoms with E-state index in [2.05, 4.69) is 5.32 Å². The van der Waals surface area contributed by atoms with E-state index < -0.39 is 17.9 Å². The van der Waals surface area contributed by atoms with Gasteiger partial charge in [-0.3, -0.25) is 14.9 Å². The van der Waals surface area contributed by atoms with Gasteiger partial charge < -0.3 is 10.8 Å². The minimum absolute atomic E-state index is 0.161. The molecule has 0 aromatic heterocycles. The third kappa shape index (κ3) is 3.40. The zero-order chi connectivity index (χ0) is 11.3. The Morgan fingerprint density at radius 3 is 2.40 bits per heavy atom. The third-order valence-electron chi connectivity index (χ3n) is 1.86. The zero-order valence-electron chi connectivity index (χ0n) is 8.01. The Balaban J connectivity index is 2.75. The number of primary amides is 1. The van der Waals surface area contributed by atoms with Gasteiger partial charge in [-0.2, -0.15) is 0 Å². The fourth-order valence-electron chi connectivity index (χ4n) is 1.20. The van der Waals surface area contributed by atoms with Gasteiger partial charge >= 0.3 is 5.97 Å². The van der Waals surface area contributed by atoms with Crippen LogP contribution in [0.2, 0.25) is 0 Å². The summed E-state index contributed by atoms with van der Waals surface area (Å²) in [4.78, 5) is 21.4. The van der Waals surface area contributed by atoms with Crippen LogP contribution in [0.1, 0.15) is 11.6 Å². The summed E-state index contributed by atoms with van der Waals surface area (Å²) in [5, 5.41) is 11.5. The van der Waals surface area contributed by atoms with E-state index in [-0.39, 0.29) is 6.54 Å². The van der Waals surface area contributed by atoms with E-state index in [4.69, 9.17) is 10.8 Å². The molecular weight excluding hydrogens is 196 g/mol. The number of carboxylic acids is 1. The summed E-state index contributed by atoms with van der Waals surface area (Å²) < 4.78 is 0. The molecule has 5 heteroatoms. The molecule has 1 amide bonds. The number of carboxylic acid groups (broad SMARTS) is 1. The number of carbonyl (C=O) groups is 2. The Morgan fingerprint density at radius 2 is 1.93 bits per heavy atom. The summed E-state index contributed by atoms with van der Waals surface area (Å²) in [6.45, 7) is -0.161. The highest BCUT2D eigenvalue weighted by molar-refractivity contribution is 5.79. The van der Waals surface area contributed by atoms with Crippen molar-refractivity contribution in [3.05, 3.63) is 35.9 Å². The van der Waals surface area contributed by atoms with Gasteiger partial charge in [0.25, 0.3) is 0 Å². The van der Waals surface area contributed by atoms with Crippen LogP contribution in [-0.4, -0.2) is 23.5 Å². The number of hydrogen-bond acceptors (Lipinski definition) is 3. The fraction of sp³-hybridized carbons (Fsp3) is 0.200. The average Bonchev–Trinajstić information content (AvgIpc) is 2.18. The molecule has 0 saturated carbocycles. The lowest BCUT2D eigenvalue weighted by molar-refractivity contribution is -0.139. The van der Waals surface area contributed by atoms with Crippen molar-refractivity contribution in [1.82, 2.24) is 5.32 Å². The minimum atomic E-state index is -1.04. The van der Waals surface area contributed by atoms with Crippen molar-refractivity contribution in [3.63, 3.8) is 0 Å². The highest BCUT2D eigenvalue weighted by Gasteiger charge is 2.18. The third-order valence-corrected chi connectivity index (χ3v) is 1.86. The number of hydrogen-bond donors (Lipinski definition) is 3. The largest absolute Gasteiger partial charge is 0.480 e. The molecule has 1 aromatic rings. The topological polar surface area (TPSA) is 92.4 Å². The van der Waals surface area contributed by atoms with Crippen LogP contribution in [0.3, 0.4) is 0 Å². The van der Waals surface area contributed by atoms with E-state index in [1.165, 1.54) is 0 Å². The minimum Gasteiger partial charge on any atom is -0.480 e. The summed E-state index contributed by atoms with van der Waals surface area (Å²) in [5.74, 6) is -1.63. The Kier molecular flexibility index (Phi) is 3.82. The second-order valence-electron chi connectivity index (χ2n) is 3.03. The Hall–Kier alpha value is -1.88. The molecule has 0 saturated heterocycles. The molecule has 0 fully saturated rings. The van der Waals surface area contributed by atoms with Crippen molar-refractivity contribution < 1.29 is 14.7 Å². The molecule has 0 radical (unpaired) electrons. The first-order valence-electron chi connectivity index (χ1n) is 4.40. The molecule has 1 unspecified atom stereocenters. The summed E-state index contributed by atoms with van der Waals surface area (Å²) >= 11 is 0. The summed E-state index contributed by atoms with van der Waals surface area (Å²) in [7, 11) is 0. The SMILES string of the molecule is NC(=O)CNC(C(=O)O)c1ccccc1. The predicted octanol–water partition coefficient (Wildman–Crippen LogP) is -0.113. The molecule has 0 aliphatic carbocycles. The van der Waals surface area contributed by atoms with Gasteiger partial charge in [0.1, 0.15) is 6.04 Å². The molecule has 0 spiro atoms. The Morgan fingerprint density at radius 1 is 1.33 bits per heavy atom. The van der Waals surface area contributed by atoms with E-state index in [0.29, 0.717) is 5.56 Å². The molecule has 5 nitrogen and oxygen atoms in total. The monoisotopic (exact) mass is 208 g/mol. The van der Waals surface area contributed by atoms with Crippen LogP contribution >= 0.6 is 0 Å². The lowest BCUT2D eigenvalue weighted by atomic mass is 10.1. The summed E-state index contributed by atoms with van der Waals surface area (Å²) in [6.07, 6.45) is 0. The van der Waals surface area contributed by atoms with Crippen molar-refractivity contribution in [3.8, 4) is 0 Å². The maximum absolute atomic E-state index is 10.9. The van der Waals surface area contributed by atoms with Crippen LogP contribution in [0, 0.1) is 0 Å². The first kappa shape index (κ1) is 11.2. The summed E-state index contributed by atoms with van der Waals surface area (Å²) in [5.41, 5.74) is 5.51. The molecule has 1 atom stereocenters. The van der Waals surface area contributed by atoms with Crippen LogP contribution in [0.5, 0.6) is 0 Å². The van der Waals surface area contributed by atoms with Crippen molar-refractivity contribution in [1.29, 1.82) is 0 Å². The van der Waals surface area contributed by atoms with Crippen LogP contribution < -0.4 is 11.1 Å². The molecule has 0 aliphatic rings. The molecule has 80 valence electrons. The maximum atomic E-state index is 10.9. The number of benzene rings is 1. The van der Waals surface area contributed by atoms with Crippen LogP contribution in [-0.2, 0) is 9.59 Å². The van der Waals surface area contributed by atoms with E-state index in [1.54, 1.807) is 30.3 Å².